The van der Waals surface area contributed by atoms with Crippen LogP contribution in [0, 0.1) is 0 Å². The van der Waals surface area contributed by atoms with Crippen molar-refractivity contribution in [3.05, 3.63) is 42.6 Å². The van der Waals surface area contributed by atoms with E-state index >= 15 is 0 Å². The van der Waals surface area contributed by atoms with Crippen molar-refractivity contribution in [3.63, 3.8) is 0 Å². The van der Waals surface area contributed by atoms with Crippen LogP contribution in [-0.4, -0.2) is 20.4 Å². The first-order valence-corrected chi connectivity index (χ1v) is 4.91. The molecular formula is C11H9N5. The number of aromatic nitrogens is 4. The molecule has 0 aliphatic rings. The molecule has 0 saturated carbocycles. The fourth-order valence-corrected chi connectivity index (χ4v) is 1.53. The molecule has 3 aromatic rings. The van der Waals surface area contributed by atoms with Crippen molar-refractivity contribution < 1.29 is 0 Å². The van der Waals surface area contributed by atoms with Gasteiger partial charge in [-0.25, -0.2) is 0 Å². The standard InChI is InChI=1S/C11H9N5/c1-2-4-8(5-3-1)13-10-9-6-7-12-14-11(9)16-15-10/h1-7H,(H2,13,14,15,16). The van der Waals surface area contributed by atoms with Crippen LogP contribution in [0.5, 0.6) is 0 Å². The molecule has 2 heterocycles. The average molecular weight is 211 g/mol. The molecule has 0 fully saturated rings. The Balaban J connectivity index is 2.01. The lowest BCUT2D eigenvalue weighted by molar-refractivity contribution is 1.02. The third kappa shape index (κ3) is 1.48. The molecule has 0 atom stereocenters. The molecule has 0 aliphatic heterocycles. The van der Waals surface area contributed by atoms with Gasteiger partial charge in [-0.3, -0.25) is 5.10 Å². The zero-order chi connectivity index (χ0) is 10.8. The van der Waals surface area contributed by atoms with Crippen molar-refractivity contribution in [1.29, 1.82) is 0 Å². The first-order valence-electron chi connectivity index (χ1n) is 4.91. The Kier molecular flexibility index (Phi) is 2.00. The molecule has 0 radical (unpaired) electrons. The molecule has 0 spiro atoms. The summed E-state index contributed by atoms with van der Waals surface area (Å²) in [7, 11) is 0. The second-order valence-corrected chi connectivity index (χ2v) is 3.36. The minimum atomic E-state index is 0.681. The summed E-state index contributed by atoms with van der Waals surface area (Å²) >= 11 is 0. The number of rotatable bonds is 2. The van der Waals surface area contributed by atoms with E-state index in [9.17, 15) is 0 Å². The quantitative estimate of drug-likeness (QED) is 0.681. The maximum atomic E-state index is 4.15. The van der Waals surface area contributed by atoms with Crippen molar-refractivity contribution in [2.45, 2.75) is 0 Å². The Bertz CT molecular complexity index is 602. The molecule has 16 heavy (non-hydrogen) atoms. The van der Waals surface area contributed by atoms with E-state index < -0.39 is 0 Å². The minimum absolute atomic E-state index is 0.681. The third-order valence-electron chi connectivity index (χ3n) is 2.29. The van der Waals surface area contributed by atoms with Gasteiger partial charge in [0.2, 0.25) is 0 Å². The summed E-state index contributed by atoms with van der Waals surface area (Å²) in [4.78, 5) is 0. The molecule has 5 nitrogen and oxygen atoms in total. The number of nitrogens with zero attached hydrogens (tertiary/aromatic N) is 3. The van der Waals surface area contributed by atoms with Gasteiger partial charge in [0.15, 0.2) is 11.5 Å². The highest BCUT2D eigenvalue weighted by atomic mass is 15.2. The van der Waals surface area contributed by atoms with Gasteiger partial charge < -0.3 is 5.32 Å². The smallest absolute Gasteiger partial charge is 0.180 e. The van der Waals surface area contributed by atoms with Gasteiger partial charge in [0.1, 0.15) is 0 Å². The largest absolute Gasteiger partial charge is 0.338 e. The lowest BCUT2D eigenvalue weighted by Crippen LogP contribution is -1.90. The lowest BCUT2D eigenvalue weighted by Gasteiger charge is -2.01. The molecule has 2 N–H and O–H groups in total. The average Bonchev–Trinajstić information content (AvgIpc) is 2.74. The van der Waals surface area contributed by atoms with Gasteiger partial charge in [-0.05, 0) is 18.2 Å². The second-order valence-electron chi connectivity index (χ2n) is 3.36. The molecule has 0 unspecified atom stereocenters. The van der Waals surface area contributed by atoms with Crippen LogP contribution in [0.25, 0.3) is 11.0 Å². The normalized spacial score (nSPS) is 10.5. The fourth-order valence-electron chi connectivity index (χ4n) is 1.53. The van der Waals surface area contributed by atoms with Gasteiger partial charge in [-0.15, -0.1) is 5.10 Å². The monoisotopic (exact) mass is 211 g/mol. The number of aromatic amines is 1. The van der Waals surface area contributed by atoms with Gasteiger partial charge >= 0.3 is 0 Å². The molecule has 2 aromatic heterocycles. The van der Waals surface area contributed by atoms with E-state index in [2.05, 4.69) is 25.7 Å². The van der Waals surface area contributed by atoms with Gasteiger partial charge in [-0.2, -0.15) is 10.2 Å². The topological polar surface area (TPSA) is 66.5 Å². The van der Waals surface area contributed by atoms with E-state index in [0.717, 1.165) is 16.9 Å². The zero-order valence-electron chi connectivity index (χ0n) is 8.38. The van der Waals surface area contributed by atoms with Crippen molar-refractivity contribution >= 4 is 22.5 Å². The second kappa shape index (κ2) is 3.62. The van der Waals surface area contributed by atoms with Crippen LogP contribution in [0.1, 0.15) is 0 Å². The number of anilines is 2. The molecule has 0 bridgehead atoms. The molecule has 5 heteroatoms. The summed E-state index contributed by atoms with van der Waals surface area (Å²) in [6.07, 6.45) is 1.65. The Labute approximate surface area is 91.5 Å². The first-order chi connectivity index (χ1) is 7.93. The number of hydrogen-bond donors (Lipinski definition) is 2. The molecule has 1 aromatic carbocycles. The summed E-state index contributed by atoms with van der Waals surface area (Å²) < 4.78 is 0. The fraction of sp³-hybridized carbons (Fsp3) is 0. The van der Waals surface area contributed by atoms with E-state index in [4.69, 9.17) is 0 Å². The van der Waals surface area contributed by atoms with Crippen LogP contribution in [0.4, 0.5) is 11.5 Å². The van der Waals surface area contributed by atoms with Crippen molar-refractivity contribution in [2.24, 2.45) is 0 Å². The number of hydrogen-bond acceptors (Lipinski definition) is 4. The molecule has 0 saturated heterocycles. The molecular weight excluding hydrogens is 202 g/mol. The van der Waals surface area contributed by atoms with E-state index in [1.807, 2.05) is 36.4 Å². The maximum Gasteiger partial charge on any atom is 0.180 e. The van der Waals surface area contributed by atoms with Crippen LogP contribution in [-0.2, 0) is 0 Å². The summed E-state index contributed by atoms with van der Waals surface area (Å²) in [6, 6.07) is 11.7. The van der Waals surface area contributed by atoms with E-state index in [1.54, 1.807) is 6.20 Å². The van der Waals surface area contributed by atoms with Gasteiger partial charge in [0, 0.05) is 5.69 Å². The minimum Gasteiger partial charge on any atom is -0.338 e. The summed E-state index contributed by atoms with van der Waals surface area (Å²) in [5.74, 6) is 0.760. The van der Waals surface area contributed by atoms with Crippen molar-refractivity contribution in [1.82, 2.24) is 20.4 Å². The highest BCUT2D eigenvalue weighted by Crippen LogP contribution is 2.21. The van der Waals surface area contributed by atoms with Gasteiger partial charge in [0.25, 0.3) is 0 Å². The highest BCUT2D eigenvalue weighted by molar-refractivity contribution is 5.88. The Hall–Kier alpha value is -2.43. The van der Waals surface area contributed by atoms with Crippen LogP contribution < -0.4 is 5.32 Å². The molecule has 3 rings (SSSR count). The SMILES string of the molecule is c1ccc(Nc2n[nH]c3nnccc23)cc1. The number of benzene rings is 1. The Morgan fingerprint density at radius 1 is 1.06 bits per heavy atom. The summed E-state index contributed by atoms with van der Waals surface area (Å²) in [6.45, 7) is 0. The van der Waals surface area contributed by atoms with Gasteiger partial charge in [-0.1, -0.05) is 18.2 Å². The van der Waals surface area contributed by atoms with Crippen molar-refractivity contribution in [2.75, 3.05) is 5.32 Å². The number of fused-ring (bicyclic) bond motifs is 1. The van der Waals surface area contributed by atoms with Gasteiger partial charge in [0.05, 0.1) is 11.6 Å². The number of H-pyrrole nitrogens is 1. The molecule has 0 amide bonds. The Morgan fingerprint density at radius 2 is 1.94 bits per heavy atom. The zero-order valence-corrected chi connectivity index (χ0v) is 8.38. The predicted octanol–water partition coefficient (Wildman–Crippen LogP) is 2.10. The lowest BCUT2D eigenvalue weighted by atomic mass is 10.3. The van der Waals surface area contributed by atoms with Crippen LogP contribution in [0.3, 0.4) is 0 Å². The third-order valence-corrected chi connectivity index (χ3v) is 2.29. The number of nitrogens with one attached hydrogen (secondary N) is 2. The van der Waals surface area contributed by atoms with E-state index in [-0.39, 0.29) is 0 Å². The van der Waals surface area contributed by atoms with Crippen LogP contribution in [0.15, 0.2) is 42.6 Å². The summed E-state index contributed by atoms with van der Waals surface area (Å²) in [5, 5.41) is 18.8. The summed E-state index contributed by atoms with van der Waals surface area (Å²) in [5.41, 5.74) is 1.67. The van der Waals surface area contributed by atoms with E-state index in [0.29, 0.717) is 5.65 Å². The van der Waals surface area contributed by atoms with Crippen LogP contribution in [0.2, 0.25) is 0 Å². The number of para-hydroxylation sites is 1. The van der Waals surface area contributed by atoms with Crippen LogP contribution >= 0.6 is 0 Å². The Morgan fingerprint density at radius 3 is 2.81 bits per heavy atom. The predicted molar refractivity (Wildman–Crippen MR) is 61.4 cm³/mol. The maximum absolute atomic E-state index is 4.15. The first kappa shape index (κ1) is 8.84. The molecule has 0 aliphatic carbocycles. The molecule has 78 valence electrons. The van der Waals surface area contributed by atoms with E-state index in [1.165, 1.54) is 0 Å². The van der Waals surface area contributed by atoms with Crippen molar-refractivity contribution in [3.8, 4) is 0 Å². The highest BCUT2D eigenvalue weighted by Gasteiger charge is 2.05.